The fraction of sp³-hybridized carbons (Fsp3) is 0.333. The monoisotopic (exact) mass is 280 g/mol. The third-order valence-corrected chi connectivity index (χ3v) is 4.30. The fourth-order valence-corrected chi connectivity index (χ4v) is 3.17. The van der Waals surface area contributed by atoms with Crippen molar-refractivity contribution in [3.8, 4) is 11.1 Å². The molecule has 0 atom stereocenters. The second-order valence-electron chi connectivity index (χ2n) is 5.23. The molecule has 2 nitrogen and oxygen atoms in total. The summed E-state index contributed by atoms with van der Waals surface area (Å²) in [5, 5.41) is 0. The minimum Gasteiger partial charge on any atom is -0.189 e. The highest BCUT2D eigenvalue weighted by Crippen LogP contribution is 2.38. The van der Waals surface area contributed by atoms with E-state index in [1.807, 2.05) is 18.2 Å². The summed E-state index contributed by atoms with van der Waals surface area (Å²) in [6, 6.07) is 7.19. The Labute approximate surface area is 113 Å². The molecule has 0 spiro atoms. The largest absolute Gasteiger partial charge is 0.332 e. The summed E-state index contributed by atoms with van der Waals surface area (Å²) in [4.78, 5) is -0.219. The number of rotatable bonds is 2. The standard InChI is InChI=1S/C15H17FO2S/c1-9(2)12-6-5-10(3)15-13(8-12)11(4)7-14(15)19(16,17)18/h5-9H,1-4H3. The fourth-order valence-electron chi connectivity index (χ4n) is 2.34. The van der Waals surface area contributed by atoms with Crippen LogP contribution in [0.4, 0.5) is 3.89 Å². The second-order valence-corrected chi connectivity index (χ2v) is 6.55. The molecule has 0 bridgehead atoms. The molecule has 4 heteroatoms. The number of hydrogen-bond acceptors (Lipinski definition) is 2. The smallest absolute Gasteiger partial charge is 0.189 e. The second kappa shape index (κ2) is 4.60. The molecule has 0 saturated carbocycles. The van der Waals surface area contributed by atoms with E-state index in [1.54, 1.807) is 13.8 Å². The molecular formula is C15H17FO2S. The molecule has 0 radical (unpaired) electrons. The van der Waals surface area contributed by atoms with E-state index in [4.69, 9.17) is 0 Å². The van der Waals surface area contributed by atoms with Crippen LogP contribution in [-0.2, 0) is 10.2 Å². The Morgan fingerprint density at radius 2 is 1.68 bits per heavy atom. The van der Waals surface area contributed by atoms with E-state index in [1.165, 1.54) is 6.07 Å². The van der Waals surface area contributed by atoms with Gasteiger partial charge in [0.15, 0.2) is 0 Å². The molecule has 0 saturated heterocycles. The predicted molar refractivity (Wildman–Crippen MR) is 74.9 cm³/mol. The van der Waals surface area contributed by atoms with Crippen molar-refractivity contribution in [3.63, 3.8) is 0 Å². The Hall–Kier alpha value is -1.42. The Kier molecular flexibility index (Phi) is 3.39. The number of fused-ring (bicyclic) bond motifs is 1. The average molecular weight is 280 g/mol. The van der Waals surface area contributed by atoms with Crippen LogP contribution in [0.25, 0.3) is 11.1 Å². The molecular weight excluding hydrogens is 263 g/mol. The molecule has 0 N–H and O–H groups in total. The van der Waals surface area contributed by atoms with Crippen molar-refractivity contribution in [2.75, 3.05) is 0 Å². The maximum Gasteiger partial charge on any atom is 0.332 e. The van der Waals surface area contributed by atoms with Gasteiger partial charge in [0.1, 0.15) is 4.90 Å². The van der Waals surface area contributed by atoms with E-state index >= 15 is 0 Å². The highest BCUT2D eigenvalue weighted by Gasteiger charge is 2.24. The molecule has 0 aromatic heterocycles. The molecule has 19 heavy (non-hydrogen) atoms. The molecule has 0 aliphatic heterocycles. The van der Waals surface area contributed by atoms with Gasteiger partial charge in [-0.3, -0.25) is 0 Å². The van der Waals surface area contributed by atoms with Crippen LogP contribution < -0.4 is 0 Å². The number of halogens is 1. The van der Waals surface area contributed by atoms with E-state index in [9.17, 15) is 12.3 Å². The lowest BCUT2D eigenvalue weighted by Crippen LogP contribution is -1.92. The molecule has 2 aliphatic rings. The van der Waals surface area contributed by atoms with E-state index in [0.717, 1.165) is 22.3 Å². The van der Waals surface area contributed by atoms with Crippen molar-refractivity contribution in [1.29, 1.82) is 0 Å². The maximum atomic E-state index is 13.4. The zero-order valence-electron chi connectivity index (χ0n) is 11.5. The number of aryl methyl sites for hydroxylation is 2. The van der Waals surface area contributed by atoms with Crippen LogP contribution in [0.3, 0.4) is 0 Å². The first-order valence-corrected chi connectivity index (χ1v) is 7.58. The summed E-state index contributed by atoms with van der Waals surface area (Å²) in [5.41, 5.74) is 3.96. The molecule has 0 aromatic rings. The van der Waals surface area contributed by atoms with Gasteiger partial charge in [-0.05, 0) is 48.1 Å². The minimum atomic E-state index is -4.69. The quantitative estimate of drug-likeness (QED) is 0.773. The molecule has 102 valence electrons. The van der Waals surface area contributed by atoms with Gasteiger partial charge >= 0.3 is 10.2 Å². The summed E-state index contributed by atoms with van der Waals surface area (Å²) in [5.74, 6) is 0.328. The first kappa shape index (κ1) is 14.0. The van der Waals surface area contributed by atoms with Gasteiger partial charge in [-0.1, -0.05) is 32.0 Å². The first-order valence-electron chi connectivity index (χ1n) is 6.20. The van der Waals surface area contributed by atoms with Crippen molar-refractivity contribution >= 4 is 10.2 Å². The summed E-state index contributed by atoms with van der Waals surface area (Å²) in [7, 11) is -4.69. The van der Waals surface area contributed by atoms with Crippen molar-refractivity contribution < 1.29 is 12.3 Å². The van der Waals surface area contributed by atoms with Gasteiger partial charge < -0.3 is 0 Å². The summed E-state index contributed by atoms with van der Waals surface area (Å²) in [6.07, 6.45) is 0. The van der Waals surface area contributed by atoms with Crippen molar-refractivity contribution in [2.45, 2.75) is 38.5 Å². The minimum absolute atomic E-state index is 0.219. The highest BCUT2D eigenvalue weighted by molar-refractivity contribution is 7.86. The van der Waals surface area contributed by atoms with Gasteiger partial charge in [0.2, 0.25) is 0 Å². The van der Waals surface area contributed by atoms with E-state index in [-0.39, 0.29) is 4.90 Å². The molecule has 0 fully saturated rings. The number of hydrogen-bond donors (Lipinski definition) is 0. The van der Waals surface area contributed by atoms with Crippen molar-refractivity contribution in [3.05, 3.63) is 41.0 Å². The van der Waals surface area contributed by atoms with Gasteiger partial charge in [0.05, 0.1) is 0 Å². The lowest BCUT2D eigenvalue weighted by atomic mass is 10.0. The predicted octanol–water partition coefficient (Wildman–Crippen LogP) is 4.19. The van der Waals surface area contributed by atoms with Gasteiger partial charge in [0.25, 0.3) is 0 Å². The third kappa shape index (κ3) is 2.50. The van der Waals surface area contributed by atoms with Gasteiger partial charge in [0, 0.05) is 5.56 Å². The molecule has 0 amide bonds. The molecule has 0 heterocycles. The zero-order valence-corrected chi connectivity index (χ0v) is 12.3. The first-order chi connectivity index (χ1) is 8.71. The Bertz CT molecular complexity index is 703. The molecule has 0 unspecified atom stereocenters. The maximum absolute atomic E-state index is 13.4. The Morgan fingerprint density at radius 3 is 2.21 bits per heavy atom. The zero-order chi connectivity index (χ0) is 14.4. The van der Waals surface area contributed by atoms with Crippen LogP contribution in [0.1, 0.15) is 36.5 Å². The van der Waals surface area contributed by atoms with Crippen LogP contribution in [0, 0.1) is 13.8 Å². The Morgan fingerprint density at radius 1 is 1.05 bits per heavy atom. The van der Waals surface area contributed by atoms with Gasteiger partial charge in [-0.2, -0.15) is 8.42 Å². The molecule has 0 aromatic carbocycles. The topological polar surface area (TPSA) is 34.1 Å². The van der Waals surface area contributed by atoms with E-state index in [0.29, 0.717) is 11.5 Å². The van der Waals surface area contributed by atoms with Crippen LogP contribution in [0.5, 0.6) is 0 Å². The Balaban J connectivity index is 2.86. The SMILES string of the molecule is Cc1cc(S(=O)(=O)F)c2c(C)ccc(C(C)C)cc1-2. The lowest BCUT2D eigenvalue weighted by Gasteiger charge is -2.04. The average Bonchev–Trinajstić information content (AvgIpc) is 2.50. The summed E-state index contributed by atoms with van der Waals surface area (Å²) < 4.78 is 35.9. The van der Waals surface area contributed by atoms with Crippen LogP contribution in [0.15, 0.2) is 29.2 Å². The van der Waals surface area contributed by atoms with Gasteiger partial charge in [-0.25, -0.2) is 0 Å². The van der Waals surface area contributed by atoms with Crippen LogP contribution in [-0.4, -0.2) is 8.42 Å². The summed E-state index contributed by atoms with van der Waals surface area (Å²) >= 11 is 0. The highest BCUT2D eigenvalue weighted by atomic mass is 32.3. The van der Waals surface area contributed by atoms with Crippen molar-refractivity contribution in [2.24, 2.45) is 0 Å². The van der Waals surface area contributed by atoms with Crippen LogP contribution in [0.2, 0.25) is 0 Å². The normalized spacial score (nSPS) is 12.3. The lowest BCUT2D eigenvalue weighted by molar-refractivity contribution is 0.552. The molecule has 2 aliphatic carbocycles. The molecule has 2 rings (SSSR count). The van der Waals surface area contributed by atoms with Crippen LogP contribution >= 0.6 is 0 Å². The van der Waals surface area contributed by atoms with Gasteiger partial charge in [-0.15, -0.1) is 3.89 Å². The van der Waals surface area contributed by atoms with Crippen molar-refractivity contribution in [1.82, 2.24) is 0 Å². The summed E-state index contributed by atoms with van der Waals surface area (Å²) in [6.45, 7) is 7.75. The van der Waals surface area contributed by atoms with E-state index < -0.39 is 10.2 Å². The van der Waals surface area contributed by atoms with E-state index in [2.05, 4.69) is 13.8 Å². The third-order valence-electron chi connectivity index (χ3n) is 3.45.